The SMILES string of the molecule is Cc1cnc2c(-c3ccc(F)cc3F)nc(C3CCOC(c4cnn(C5CC5)c4)C3)nc2n1. The van der Waals surface area contributed by atoms with E-state index in [-0.39, 0.29) is 17.6 Å². The van der Waals surface area contributed by atoms with E-state index in [2.05, 4.69) is 21.3 Å². The molecular formula is C24H22F2N6O. The van der Waals surface area contributed by atoms with E-state index in [9.17, 15) is 8.78 Å². The number of hydrogen-bond acceptors (Lipinski definition) is 6. The predicted molar refractivity (Wildman–Crippen MR) is 116 cm³/mol. The van der Waals surface area contributed by atoms with Crippen LogP contribution < -0.4 is 0 Å². The summed E-state index contributed by atoms with van der Waals surface area (Å²) in [6.45, 7) is 2.39. The summed E-state index contributed by atoms with van der Waals surface area (Å²) in [6.07, 6.45) is 9.20. The summed E-state index contributed by atoms with van der Waals surface area (Å²) in [5, 5.41) is 4.49. The lowest BCUT2D eigenvalue weighted by atomic mass is 9.92. The van der Waals surface area contributed by atoms with E-state index in [0.717, 1.165) is 18.1 Å². The van der Waals surface area contributed by atoms with Gasteiger partial charge in [0.15, 0.2) is 5.65 Å². The molecule has 0 amide bonds. The maximum Gasteiger partial charge on any atom is 0.182 e. The van der Waals surface area contributed by atoms with Crippen LogP contribution in [-0.2, 0) is 4.74 Å². The first-order valence-corrected chi connectivity index (χ1v) is 11.2. The molecule has 0 spiro atoms. The van der Waals surface area contributed by atoms with E-state index in [1.165, 1.54) is 25.0 Å². The molecule has 2 fully saturated rings. The Bertz CT molecular complexity index is 1350. The average Bonchev–Trinajstić information content (AvgIpc) is 3.54. The Morgan fingerprint density at radius 2 is 1.94 bits per heavy atom. The minimum atomic E-state index is -0.694. The highest BCUT2D eigenvalue weighted by molar-refractivity contribution is 5.86. The Hall–Kier alpha value is -3.33. The number of hydrogen-bond donors (Lipinski definition) is 0. The quantitative estimate of drug-likeness (QED) is 0.445. The zero-order valence-electron chi connectivity index (χ0n) is 18.1. The van der Waals surface area contributed by atoms with Gasteiger partial charge in [-0.3, -0.25) is 4.68 Å². The van der Waals surface area contributed by atoms with E-state index in [1.807, 2.05) is 17.8 Å². The van der Waals surface area contributed by atoms with Gasteiger partial charge in [-0.05, 0) is 44.7 Å². The number of fused-ring (bicyclic) bond motifs is 1. The summed E-state index contributed by atoms with van der Waals surface area (Å²) in [4.78, 5) is 18.4. The molecule has 1 aliphatic carbocycles. The lowest BCUT2D eigenvalue weighted by molar-refractivity contribution is 0.00396. The van der Waals surface area contributed by atoms with E-state index >= 15 is 0 Å². The van der Waals surface area contributed by atoms with Crippen LogP contribution in [-0.4, -0.2) is 36.3 Å². The van der Waals surface area contributed by atoms with Crippen LogP contribution in [0.3, 0.4) is 0 Å². The second-order valence-electron chi connectivity index (χ2n) is 8.80. The van der Waals surface area contributed by atoms with Crippen LogP contribution in [0.15, 0.2) is 36.8 Å². The number of ether oxygens (including phenoxy) is 1. The zero-order valence-corrected chi connectivity index (χ0v) is 18.1. The van der Waals surface area contributed by atoms with Gasteiger partial charge in [-0.15, -0.1) is 0 Å². The van der Waals surface area contributed by atoms with Crippen molar-refractivity contribution in [3.63, 3.8) is 0 Å². The first-order chi connectivity index (χ1) is 16.0. The molecule has 9 heteroatoms. The molecular weight excluding hydrogens is 426 g/mol. The predicted octanol–water partition coefficient (Wildman–Crippen LogP) is 4.84. The monoisotopic (exact) mass is 448 g/mol. The van der Waals surface area contributed by atoms with Crippen molar-refractivity contribution in [2.24, 2.45) is 0 Å². The minimum Gasteiger partial charge on any atom is -0.373 e. The molecule has 168 valence electrons. The second-order valence-corrected chi connectivity index (χ2v) is 8.80. The molecule has 0 bridgehead atoms. The maximum absolute atomic E-state index is 14.7. The lowest BCUT2D eigenvalue weighted by Crippen LogP contribution is -2.20. The highest BCUT2D eigenvalue weighted by Gasteiger charge is 2.31. The number of benzene rings is 1. The minimum absolute atomic E-state index is 0.00185. The van der Waals surface area contributed by atoms with Crippen LogP contribution in [0.25, 0.3) is 22.4 Å². The normalized spacial score (nSPS) is 20.9. The van der Waals surface area contributed by atoms with Crippen molar-refractivity contribution in [3.8, 4) is 11.3 Å². The molecule has 2 unspecified atom stereocenters. The molecule has 0 N–H and O–H groups in total. The largest absolute Gasteiger partial charge is 0.373 e. The van der Waals surface area contributed by atoms with Crippen LogP contribution in [0.1, 0.15) is 60.8 Å². The fourth-order valence-corrected chi connectivity index (χ4v) is 4.38. The molecule has 7 nitrogen and oxygen atoms in total. The number of halogens is 2. The summed E-state index contributed by atoms with van der Waals surface area (Å²) in [7, 11) is 0. The van der Waals surface area contributed by atoms with Crippen LogP contribution >= 0.6 is 0 Å². The van der Waals surface area contributed by atoms with Crippen molar-refractivity contribution < 1.29 is 13.5 Å². The zero-order chi connectivity index (χ0) is 22.5. The molecule has 0 radical (unpaired) electrons. The first kappa shape index (κ1) is 20.3. The second kappa shape index (κ2) is 7.91. The van der Waals surface area contributed by atoms with Gasteiger partial charge in [0.2, 0.25) is 0 Å². The molecule has 4 heterocycles. The van der Waals surface area contributed by atoms with Crippen LogP contribution in [0.5, 0.6) is 0 Å². The van der Waals surface area contributed by atoms with E-state index in [0.29, 0.717) is 47.4 Å². The van der Waals surface area contributed by atoms with Crippen molar-refractivity contribution in [2.45, 2.75) is 50.7 Å². The lowest BCUT2D eigenvalue weighted by Gasteiger charge is -2.28. The van der Waals surface area contributed by atoms with E-state index < -0.39 is 11.6 Å². The van der Waals surface area contributed by atoms with Gasteiger partial charge in [-0.25, -0.2) is 28.7 Å². The molecule has 1 aliphatic heterocycles. The van der Waals surface area contributed by atoms with Gasteiger partial charge < -0.3 is 4.74 Å². The molecule has 1 saturated carbocycles. The van der Waals surface area contributed by atoms with Gasteiger partial charge in [0, 0.05) is 42.1 Å². The third-order valence-corrected chi connectivity index (χ3v) is 6.30. The van der Waals surface area contributed by atoms with Crippen LogP contribution in [0, 0.1) is 18.6 Å². The average molecular weight is 448 g/mol. The third-order valence-electron chi connectivity index (χ3n) is 6.30. The molecule has 2 aliphatic rings. The topological polar surface area (TPSA) is 78.6 Å². The van der Waals surface area contributed by atoms with Crippen LogP contribution in [0.2, 0.25) is 0 Å². The molecule has 6 rings (SSSR count). The highest BCUT2D eigenvalue weighted by Crippen LogP contribution is 2.39. The Balaban J connectivity index is 1.39. The molecule has 1 saturated heterocycles. The third kappa shape index (κ3) is 3.86. The number of aromatic nitrogens is 6. The van der Waals surface area contributed by atoms with Crippen molar-refractivity contribution in [2.75, 3.05) is 6.61 Å². The summed E-state index contributed by atoms with van der Waals surface area (Å²) >= 11 is 0. The Morgan fingerprint density at radius 3 is 2.76 bits per heavy atom. The van der Waals surface area contributed by atoms with Crippen molar-refractivity contribution in [1.29, 1.82) is 0 Å². The smallest absolute Gasteiger partial charge is 0.182 e. The fourth-order valence-electron chi connectivity index (χ4n) is 4.38. The van der Waals surface area contributed by atoms with Gasteiger partial charge in [-0.1, -0.05) is 0 Å². The number of aryl methyl sites for hydroxylation is 1. The maximum atomic E-state index is 14.7. The summed E-state index contributed by atoms with van der Waals surface area (Å²) in [5.41, 5.74) is 3.05. The van der Waals surface area contributed by atoms with Gasteiger partial charge >= 0.3 is 0 Å². The van der Waals surface area contributed by atoms with Crippen molar-refractivity contribution in [3.05, 3.63) is 65.5 Å². The van der Waals surface area contributed by atoms with Gasteiger partial charge in [0.1, 0.15) is 28.7 Å². The van der Waals surface area contributed by atoms with Crippen LogP contribution in [0.4, 0.5) is 8.78 Å². The molecule has 3 aromatic heterocycles. The standard InChI is InChI=1S/C24H22F2N6O/c1-13-10-27-22-21(18-5-2-16(25)9-19(18)26)30-23(31-24(22)29-13)14-6-7-33-20(8-14)15-11-28-32(12-15)17-3-4-17/h2,5,9-12,14,17,20H,3-4,6-8H2,1H3. The molecule has 4 aromatic rings. The number of nitrogens with zero attached hydrogens (tertiary/aromatic N) is 6. The van der Waals surface area contributed by atoms with Gasteiger partial charge in [-0.2, -0.15) is 5.10 Å². The highest BCUT2D eigenvalue weighted by atomic mass is 19.1. The Kier molecular flexibility index (Phi) is 4.86. The van der Waals surface area contributed by atoms with Crippen molar-refractivity contribution in [1.82, 2.24) is 29.7 Å². The molecule has 2 atom stereocenters. The fraction of sp³-hybridized carbons (Fsp3) is 0.375. The summed E-state index contributed by atoms with van der Waals surface area (Å²) in [6, 6.07) is 3.97. The Morgan fingerprint density at radius 1 is 1.06 bits per heavy atom. The summed E-state index contributed by atoms with van der Waals surface area (Å²) in [5.74, 6) is -0.762. The van der Waals surface area contributed by atoms with Crippen molar-refractivity contribution >= 4 is 11.2 Å². The van der Waals surface area contributed by atoms with Gasteiger partial charge in [0.05, 0.1) is 24.0 Å². The van der Waals surface area contributed by atoms with E-state index in [1.54, 1.807) is 6.20 Å². The molecule has 33 heavy (non-hydrogen) atoms. The number of rotatable bonds is 4. The van der Waals surface area contributed by atoms with E-state index in [4.69, 9.17) is 14.7 Å². The van der Waals surface area contributed by atoms with Gasteiger partial charge in [0.25, 0.3) is 0 Å². The molecule has 1 aromatic carbocycles. The Labute approximate surface area is 188 Å². The first-order valence-electron chi connectivity index (χ1n) is 11.2. The summed E-state index contributed by atoms with van der Waals surface area (Å²) < 4.78 is 36.3.